The Bertz CT molecular complexity index is 2300. The van der Waals surface area contributed by atoms with Crippen LogP contribution in [-0.4, -0.2) is 21.2 Å². The lowest BCUT2D eigenvalue weighted by atomic mass is 9.91. The molecule has 2 N–H and O–H groups in total. The Hall–Kier alpha value is -6.37. The highest BCUT2D eigenvalue weighted by molar-refractivity contribution is 5.87. The number of hydrogen-bond donors (Lipinski definition) is 2. The van der Waals surface area contributed by atoms with Crippen LogP contribution < -0.4 is 10.5 Å². The molecule has 276 valence electrons. The van der Waals surface area contributed by atoms with Gasteiger partial charge in [0.1, 0.15) is 11.6 Å². The van der Waals surface area contributed by atoms with Crippen LogP contribution in [0.3, 0.4) is 0 Å². The monoisotopic (exact) mass is 744 g/mol. The number of aryl methyl sites for hydroxylation is 1. The zero-order valence-corrected chi connectivity index (χ0v) is 28.1. The number of benzene rings is 5. The lowest BCUT2D eigenvalue weighted by Gasteiger charge is -2.20. The van der Waals surface area contributed by atoms with Gasteiger partial charge >= 0.3 is 24.0 Å². The van der Waals surface area contributed by atoms with Crippen molar-refractivity contribution in [2.75, 3.05) is 0 Å². The van der Waals surface area contributed by atoms with Gasteiger partial charge in [-0.2, -0.15) is 22.0 Å². The third-order valence-electron chi connectivity index (χ3n) is 8.69. The molecule has 1 aromatic heterocycles. The Balaban J connectivity index is 1.20. The Morgan fingerprint density at radius 2 is 1.39 bits per heavy atom. The first-order chi connectivity index (χ1) is 25.7. The lowest BCUT2D eigenvalue weighted by molar-refractivity contribution is -0.185. The number of halogens is 6. The number of nitrogens with zero attached hydrogens (tertiary/aromatic N) is 1. The van der Waals surface area contributed by atoms with Crippen LogP contribution in [0.25, 0.3) is 28.6 Å². The van der Waals surface area contributed by atoms with E-state index in [-0.39, 0.29) is 28.6 Å². The van der Waals surface area contributed by atoms with Gasteiger partial charge < -0.3 is 9.84 Å². The maximum Gasteiger partial charge on any atom is 0.439 e. The number of ether oxygens (including phenoxy) is 1. The van der Waals surface area contributed by atoms with Crippen molar-refractivity contribution in [2.45, 2.75) is 31.5 Å². The van der Waals surface area contributed by atoms with Crippen LogP contribution in [0, 0.1) is 11.7 Å². The molecule has 0 fully saturated rings. The predicted molar refractivity (Wildman–Crippen MR) is 188 cm³/mol. The number of H-pyrrole nitrogens is 1. The van der Waals surface area contributed by atoms with Gasteiger partial charge in [-0.1, -0.05) is 78.0 Å². The number of hydrogen-bond acceptors (Lipinski definition) is 5. The van der Waals surface area contributed by atoms with Gasteiger partial charge in [0, 0.05) is 11.1 Å². The molecule has 1 heterocycles. The van der Waals surface area contributed by atoms with Crippen LogP contribution >= 0.6 is 0 Å². The van der Waals surface area contributed by atoms with E-state index in [1.165, 1.54) is 42.5 Å². The Morgan fingerprint density at radius 1 is 0.796 bits per heavy atom. The first-order valence-corrected chi connectivity index (χ1v) is 16.5. The van der Waals surface area contributed by atoms with E-state index in [1.54, 1.807) is 30.3 Å². The summed E-state index contributed by atoms with van der Waals surface area (Å²) < 4.78 is 94.1. The van der Waals surface area contributed by atoms with E-state index in [2.05, 4.69) is 14.7 Å². The highest BCUT2D eigenvalue weighted by Gasteiger charge is 2.35. The zero-order valence-electron chi connectivity index (χ0n) is 28.1. The summed E-state index contributed by atoms with van der Waals surface area (Å²) in [4.78, 5) is 25.2. The van der Waals surface area contributed by atoms with Crippen LogP contribution in [-0.2, 0) is 25.1 Å². The summed E-state index contributed by atoms with van der Waals surface area (Å²) in [5.74, 6) is -2.66. The van der Waals surface area contributed by atoms with Crippen LogP contribution in [0.1, 0.15) is 44.6 Å². The van der Waals surface area contributed by atoms with Crippen LogP contribution in [0.5, 0.6) is 5.75 Å². The molecule has 1 atom stereocenters. The minimum absolute atomic E-state index is 0.0493. The number of rotatable bonds is 13. The van der Waals surface area contributed by atoms with E-state index in [0.717, 1.165) is 53.6 Å². The number of alkyl halides is 5. The van der Waals surface area contributed by atoms with Gasteiger partial charge in [-0.15, -0.1) is 0 Å². The van der Waals surface area contributed by atoms with Crippen LogP contribution in [0.15, 0.2) is 131 Å². The quantitative estimate of drug-likeness (QED) is 0.114. The molecule has 1 unspecified atom stereocenters. The van der Waals surface area contributed by atoms with Gasteiger partial charge in [-0.05, 0) is 102 Å². The van der Waals surface area contributed by atoms with Gasteiger partial charge in [-0.25, -0.2) is 14.0 Å². The average Bonchev–Trinajstić information content (AvgIpc) is 3.60. The van der Waals surface area contributed by atoms with E-state index in [4.69, 9.17) is 4.74 Å². The number of aromatic nitrogens is 2. The van der Waals surface area contributed by atoms with Gasteiger partial charge in [0.2, 0.25) is 0 Å². The van der Waals surface area contributed by atoms with Crippen molar-refractivity contribution in [2.24, 2.45) is 5.92 Å². The molecular weight excluding hydrogens is 714 g/mol. The first kappa shape index (κ1) is 37.4. The summed E-state index contributed by atoms with van der Waals surface area (Å²) in [6.07, 6.45) is -3.53. The number of allylic oxidation sites excluding steroid dienone is 1. The summed E-state index contributed by atoms with van der Waals surface area (Å²) in [5.41, 5.74) is 2.04. The van der Waals surface area contributed by atoms with E-state index in [9.17, 15) is 32.3 Å². The Labute approximate surface area is 304 Å². The fourth-order valence-corrected chi connectivity index (χ4v) is 5.78. The van der Waals surface area contributed by atoms with Crippen LogP contribution in [0.4, 0.5) is 26.3 Å². The topological polar surface area (TPSA) is 105 Å². The van der Waals surface area contributed by atoms with Crippen molar-refractivity contribution in [3.05, 3.63) is 171 Å². The summed E-state index contributed by atoms with van der Waals surface area (Å²) in [5, 5.41) is 13.0. The molecule has 0 amide bonds. The number of aromatic amines is 1. The van der Waals surface area contributed by atoms with E-state index in [1.807, 2.05) is 12.1 Å². The molecule has 0 aliphatic carbocycles. The molecule has 6 rings (SSSR count). The maximum atomic E-state index is 15.5. The van der Waals surface area contributed by atoms with Gasteiger partial charge in [0.15, 0.2) is 5.82 Å². The average molecular weight is 745 g/mol. The fourth-order valence-electron chi connectivity index (χ4n) is 5.78. The summed E-state index contributed by atoms with van der Waals surface area (Å²) >= 11 is 0. The van der Waals surface area contributed by atoms with Gasteiger partial charge in [-0.3, -0.25) is 9.51 Å². The van der Waals surface area contributed by atoms with E-state index < -0.39 is 41.0 Å². The molecular formula is C41H30F6N2O5. The number of carboxylic acids is 1. The minimum Gasteiger partial charge on any atom is -0.478 e. The van der Waals surface area contributed by atoms with Gasteiger partial charge in [0.25, 0.3) is 0 Å². The first-order valence-electron chi connectivity index (χ1n) is 16.5. The summed E-state index contributed by atoms with van der Waals surface area (Å²) in [6, 6.07) is 26.0. The molecule has 0 aliphatic rings. The van der Waals surface area contributed by atoms with Crippen molar-refractivity contribution >= 4 is 12.0 Å². The molecule has 0 spiro atoms. The number of carboxylic acid groups (broad SMARTS) is 1. The Morgan fingerprint density at radius 3 is 1.96 bits per heavy atom. The van der Waals surface area contributed by atoms with Crippen molar-refractivity contribution in [1.29, 1.82) is 0 Å². The molecule has 0 bridgehead atoms. The second-order valence-corrected chi connectivity index (χ2v) is 12.5. The van der Waals surface area contributed by atoms with E-state index in [0.29, 0.717) is 36.0 Å². The predicted octanol–water partition coefficient (Wildman–Crippen LogP) is 10.2. The van der Waals surface area contributed by atoms with Crippen molar-refractivity contribution in [3.63, 3.8) is 0 Å². The van der Waals surface area contributed by atoms with E-state index >= 15 is 8.78 Å². The molecule has 6 aromatic rings. The second kappa shape index (κ2) is 15.7. The molecule has 0 saturated carbocycles. The number of nitrogens with one attached hydrogen (secondary N) is 1. The molecule has 0 aliphatic heterocycles. The summed E-state index contributed by atoms with van der Waals surface area (Å²) in [7, 11) is 0. The smallest absolute Gasteiger partial charge is 0.439 e. The van der Waals surface area contributed by atoms with Gasteiger partial charge in [0.05, 0.1) is 16.7 Å². The largest absolute Gasteiger partial charge is 0.478 e. The second-order valence-electron chi connectivity index (χ2n) is 12.5. The molecule has 54 heavy (non-hydrogen) atoms. The SMILES string of the molecule is O=C(O)c1ccc(CC(/C=C\c2cc(F)ccc2OC(F)(F)c2ccc(-c3ccc(C(F)(F)F)cc3)cc2)CCc2ccc(-c3noc(=O)[nH]3)cc2)cc1. The highest BCUT2D eigenvalue weighted by atomic mass is 19.4. The van der Waals surface area contributed by atoms with Crippen molar-refractivity contribution in [3.8, 4) is 28.3 Å². The van der Waals surface area contributed by atoms with Crippen LogP contribution in [0.2, 0.25) is 0 Å². The molecule has 0 saturated heterocycles. The zero-order chi connectivity index (χ0) is 38.5. The number of aromatic carboxylic acids is 1. The van der Waals surface area contributed by atoms with Crippen molar-refractivity contribution in [1.82, 2.24) is 10.1 Å². The Kier molecular flexibility index (Phi) is 10.9. The third-order valence-corrected chi connectivity index (χ3v) is 8.69. The number of carbonyl (C=O) groups is 1. The standard InChI is InChI=1S/C41H30F6N2O5/c42-35-21-22-36(53-41(46,47)34-19-15-29(16-20-34)28-13-17-33(18-14-28)40(43,44)45)32(24-35)12-7-26(23-27-5-10-31(11-6-27)38(50)51)2-1-25-3-8-30(9-4-25)37-48-39(52)54-49-37/h3-22,24,26H,1-2,23H2,(H,50,51)(H,48,49,52)/b12-7-. The molecule has 5 aromatic carbocycles. The minimum atomic E-state index is -4.51. The maximum absolute atomic E-state index is 15.5. The fraction of sp³-hybridized carbons (Fsp3) is 0.146. The molecule has 7 nitrogen and oxygen atoms in total. The van der Waals surface area contributed by atoms with Crippen molar-refractivity contribution < 1.29 is 45.5 Å². The third kappa shape index (κ3) is 9.34. The normalized spacial score (nSPS) is 12.6. The molecule has 13 heteroatoms. The highest BCUT2D eigenvalue weighted by Crippen LogP contribution is 2.36. The molecule has 0 radical (unpaired) electrons. The lowest BCUT2D eigenvalue weighted by Crippen LogP contribution is -2.22. The summed E-state index contributed by atoms with van der Waals surface area (Å²) in [6.45, 7) is 0.